The van der Waals surface area contributed by atoms with E-state index in [9.17, 15) is 17.6 Å². The molecular formula is C15H17F4N3. The van der Waals surface area contributed by atoms with Gasteiger partial charge in [-0.25, -0.2) is 4.39 Å². The topological polar surface area (TPSA) is 18.5 Å². The van der Waals surface area contributed by atoms with Crippen LogP contribution in [0.4, 0.5) is 17.6 Å². The average molecular weight is 315 g/mol. The van der Waals surface area contributed by atoms with Gasteiger partial charge in [-0.3, -0.25) is 0 Å². The van der Waals surface area contributed by atoms with Crippen LogP contribution in [0.2, 0.25) is 0 Å². The Balaban J connectivity index is 1.89. The minimum absolute atomic E-state index is 0.104. The van der Waals surface area contributed by atoms with Gasteiger partial charge in [-0.2, -0.15) is 13.2 Å². The van der Waals surface area contributed by atoms with Gasteiger partial charge in [-0.1, -0.05) is 6.07 Å². The zero-order chi connectivity index (χ0) is 15.9. The summed E-state index contributed by atoms with van der Waals surface area (Å²) in [5, 5.41) is 3.27. The number of fused-ring (bicyclic) bond motifs is 1. The maximum atomic E-state index is 13.2. The van der Waals surface area contributed by atoms with Gasteiger partial charge in [0.05, 0.1) is 5.56 Å². The fourth-order valence-electron chi connectivity index (χ4n) is 3.09. The van der Waals surface area contributed by atoms with Crippen LogP contribution < -0.4 is 5.32 Å². The van der Waals surface area contributed by atoms with Gasteiger partial charge >= 0.3 is 6.18 Å². The molecule has 0 aliphatic carbocycles. The van der Waals surface area contributed by atoms with Crippen molar-refractivity contribution in [3.8, 4) is 0 Å². The largest absolute Gasteiger partial charge is 0.416 e. The normalized spacial score (nSPS) is 21.9. The molecule has 3 nitrogen and oxygen atoms in total. The Morgan fingerprint density at radius 1 is 1.32 bits per heavy atom. The minimum atomic E-state index is -4.55. The van der Waals surface area contributed by atoms with E-state index in [2.05, 4.69) is 10.2 Å². The van der Waals surface area contributed by atoms with Crippen molar-refractivity contribution in [1.29, 1.82) is 0 Å². The smallest absolute Gasteiger partial charge is 0.358 e. The summed E-state index contributed by atoms with van der Waals surface area (Å²) in [5.41, 5.74) is 0.0495. The molecule has 0 spiro atoms. The lowest BCUT2D eigenvalue weighted by atomic mass is 10.0. The fraction of sp³-hybridized carbons (Fsp3) is 0.467. The van der Waals surface area contributed by atoms with Gasteiger partial charge in [-0.15, -0.1) is 0 Å². The molecule has 0 amide bonds. The number of hydrogen-bond donors (Lipinski definition) is 1. The summed E-state index contributed by atoms with van der Waals surface area (Å²) in [6.45, 7) is 2.33. The van der Waals surface area contributed by atoms with Crippen molar-refractivity contribution in [3.63, 3.8) is 0 Å². The molecule has 2 aliphatic heterocycles. The van der Waals surface area contributed by atoms with Crippen LogP contribution in [0.3, 0.4) is 0 Å². The minimum Gasteiger partial charge on any atom is -0.358 e. The van der Waals surface area contributed by atoms with Gasteiger partial charge in [0.25, 0.3) is 0 Å². The highest BCUT2D eigenvalue weighted by Gasteiger charge is 2.36. The van der Waals surface area contributed by atoms with E-state index in [1.165, 1.54) is 6.07 Å². The summed E-state index contributed by atoms with van der Waals surface area (Å²) in [6.07, 6.45) is -2.39. The van der Waals surface area contributed by atoms with Gasteiger partial charge in [0.15, 0.2) is 0 Å². The molecule has 1 saturated heterocycles. The summed E-state index contributed by atoms with van der Waals surface area (Å²) in [5.74, 6) is -0.867. The first kappa shape index (κ1) is 15.1. The van der Waals surface area contributed by atoms with E-state index in [4.69, 9.17) is 0 Å². The van der Waals surface area contributed by atoms with E-state index in [-0.39, 0.29) is 18.2 Å². The second-order valence-electron chi connectivity index (χ2n) is 5.64. The fourth-order valence-corrected chi connectivity index (χ4v) is 3.09. The molecule has 0 saturated carbocycles. The van der Waals surface area contributed by atoms with Crippen LogP contribution in [-0.2, 0) is 12.6 Å². The number of benzene rings is 1. The third-order valence-corrected chi connectivity index (χ3v) is 4.16. The van der Waals surface area contributed by atoms with E-state index < -0.39 is 17.6 Å². The molecule has 1 unspecified atom stereocenters. The summed E-state index contributed by atoms with van der Waals surface area (Å²) in [6, 6.07) is 2.89. The monoisotopic (exact) mass is 315 g/mol. The Labute approximate surface area is 126 Å². The SMILES string of the molecule is CN1C=C(Cc2ccc(F)cc2C(F)(F)F)N2CCNCC12. The number of allylic oxidation sites excluding steroid dienone is 1. The van der Waals surface area contributed by atoms with E-state index in [1.807, 2.05) is 18.1 Å². The molecule has 0 aromatic heterocycles. The van der Waals surface area contributed by atoms with Crippen molar-refractivity contribution < 1.29 is 17.6 Å². The van der Waals surface area contributed by atoms with Crippen LogP contribution in [0.1, 0.15) is 11.1 Å². The van der Waals surface area contributed by atoms with E-state index in [1.54, 1.807) is 0 Å². The quantitative estimate of drug-likeness (QED) is 0.846. The molecular weight excluding hydrogens is 298 g/mol. The van der Waals surface area contributed by atoms with Crippen molar-refractivity contribution in [2.24, 2.45) is 0 Å². The number of nitrogens with zero attached hydrogens (tertiary/aromatic N) is 2. The molecule has 1 N–H and O–H groups in total. The Hall–Kier alpha value is -1.76. The number of hydrogen-bond acceptors (Lipinski definition) is 3. The summed E-state index contributed by atoms with van der Waals surface area (Å²) >= 11 is 0. The van der Waals surface area contributed by atoms with Crippen molar-refractivity contribution >= 4 is 0 Å². The Kier molecular flexibility index (Phi) is 3.76. The van der Waals surface area contributed by atoms with Crippen molar-refractivity contribution in [3.05, 3.63) is 47.0 Å². The molecule has 1 fully saturated rings. The van der Waals surface area contributed by atoms with Crippen LogP contribution in [0, 0.1) is 5.82 Å². The summed E-state index contributed by atoms with van der Waals surface area (Å²) in [4.78, 5) is 4.11. The first-order valence-electron chi connectivity index (χ1n) is 7.12. The van der Waals surface area contributed by atoms with Gasteiger partial charge in [0.2, 0.25) is 0 Å². The predicted octanol–water partition coefficient (Wildman–Crippen LogP) is 2.41. The number of halogens is 4. The number of nitrogens with one attached hydrogen (secondary N) is 1. The molecule has 1 aromatic rings. The van der Waals surface area contributed by atoms with Crippen molar-refractivity contribution in [1.82, 2.24) is 15.1 Å². The van der Waals surface area contributed by atoms with Crippen LogP contribution in [0.15, 0.2) is 30.1 Å². The maximum absolute atomic E-state index is 13.2. The molecule has 22 heavy (non-hydrogen) atoms. The summed E-state index contributed by atoms with van der Waals surface area (Å²) in [7, 11) is 1.91. The van der Waals surface area contributed by atoms with E-state index in [0.717, 1.165) is 31.4 Å². The Morgan fingerprint density at radius 3 is 2.82 bits per heavy atom. The van der Waals surface area contributed by atoms with Crippen molar-refractivity contribution in [2.45, 2.75) is 18.8 Å². The molecule has 120 valence electrons. The van der Waals surface area contributed by atoms with Gasteiger partial charge in [-0.05, 0) is 17.7 Å². The van der Waals surface area contributed by atoms with Gasteiger partial charge in [0.1, 0.15) is 12.0 Å². The van der Waals surface area contributed by atoms with Crippen LogP contribution in [-0.4, -0.2) is 42.6 Å². The number of likely N-dealkylation sites (N-methyl/N-ethyl adjacent to an activating group) is 1. The lowest BCUT2D eigenvalue weighted by molar-refractivity contribution is -0.138. The second kappa shape index (κ2) is 5.46. The molecule has 0 bridgehead atoms. The molecule has 2 heterocycles. The third kappa shape index (κ3) is 2.77. The first-order chi connectivity index (χ1) is 10.4. The van der Waals surface area contributed by atoms with Crippen LogP contribution >= 0.6 is 0 Å². The molecule has 2 aliphatic rings. The number of piperazine rings is 1. The predicted molar refractivity (Wildman–Crippen MR) is 74.3 cm³/mol. The number of rotatable bonds is 2. The molecule has 0 radical (unpaired) electrons. The molecule has 7 heteroatoms. The Morgan fingerprint density at radius 2 is 2.09 bits per heavy atom. The van der Waals surface area contributed by atoms with Crippen LogP contribution in [0.25, 0.3) is 0 Å². The lowest BCUT2D eigenvalue weighted by Crippen LogP contribution is -2.52. The molecule has 1 atom stereocenters. The number of alkyl halides is 3. The second-order valence-corrected chi connectivity index (χ2v) is 5.64. The molecule has 1 aromatic carbocycles. The maximum Gasteiger partial charge on any atom is 0.416 e. The summed E-state index contributed by atoms with van der Waals surface area (Å²) < 4.78 is 52.5. The highest BCUT2D eigenvalue weighted by molar-refractivity contribution is 5.34. The third-order valence-electron chi connectivity index (χ3n) is 4.16. The van der Waals surface area contributed by atoms with E-state index >= 15 is 0 Å². The highest BCUT2D eigenvalue weighted by Crippen LogP contribution is 2.35. The van der Waals surface area contributed by atoms with Crippen LogP contribution in [0.5, 0.6) is 0 Å². The first-order valence-corrected chi connectivity index (χ1v) is 7.12. The zero-order valence-electron chi connectivity index (χ0n) is 12.1. The Bertz CT molecular complexity index is 597. The van der Waals surface area contributed by atoms with Gasteiger partial charge < -0.3 is 15.1 Å². The molecule has 3 rings (SSSR count). The van der Waals surface area contributed by atoms with E-state index in [0.29, 0.717) is 6.07 Å². The van der Waals surface area contributed by atoms with Crippen molar-refractivity contribution in [2.75, 3.05) is 26.7 Å². The highest BCUT2D eigenvalue weighted by atomic mass is 19.4. The average Bonchev–Trinajstić information content (AvgIpc) is 2.77. The van der Waals surface area contributed by atoms with Gasteiger partial charge in [0, 0.05) is 45.0 Å². The lowest BCUT2D eigenvalue weighted by Gasteiger charge is -2.37. The standard InChI is InChI=1S/C15H17F4N3/c1-21-9-12(22-5-4-20-8-14(21)22)6-10-2-3-11(16)7-13(10)15(17,18)19/h2-3,7,9,14,20H,4-6,8H2,1H3. The zero-order valence-corrected chi connectivity index (χ0v) is 12.1.